The van der Waals surface area contributed by atoms with Crippen molar-refractivity contribution in [1.82, 2.24) is 15.2 Å². The highest BCUT2D eigenvalue weighted by atomic mass is 79.9. The molecule has 27 heavy (non-hydrogen) atoms. The number of aromatic nitrogens is 3. The van der Waals surface area contributed by atoms with Crippen molar-refractivity contribution in [2.45, 2.75) is 11.4 Å². The van der Waals surface area contributed by atoms with Crippen LogP contribution < -0.4 is 10.1 Å². The molecular formula is C17H11Br3N4O2S. The van der Waals surface area contributed by atoms with Gasteiger partial charge in [0.1, 0.15) is 5.75 Å². The average Bonchev–Trinajstić information content (AvgIpc) is 2.82. The van der Waals surface area contributed by atoms with E-state index in [0.29, 0.717) is 31.2 Å². The molecule has 2 aromatic carbocycles. The Morgan fingerprint density at radius 2 is 1.93 bits per heavy atom. The Balaban J connectivity index is 1.92. The smallest absolute Gasteiger partial charge is 0.247 e. The summed E-state index contributed by atoms with van der Waals surface area (Å²) in [6.07, 6.45) is 1.26. The Hall–Kier alpha value is -1.36. The van der Waals surface area contributed by atoms with Crippen LogP contribution in [0.4, 0.5) is 5.69 Å². The van der Waals surface area contributed by atoms with E-state index in [9.17, 15) is 5.11 Å². The maximum Gasteiger partial charge on any atom is 0.247 e. The molecule has 138 valence electrons. The van der Waals surface area contributed by atoms with Gasteiger partial charge < -0.3 is 15.2 Å². The zero-order chi connectivity index (χ0) is 19.1. The van der Waals surface area contributed by atoms with E-state index in [-0.39, 0.29) is 5.75 Å². The molecule has 2 heterocycles. The summed E-state index contributed by atoms with van der Waals surface area (Å²) in [5.41, 5.74) is 2.93. The summed E-state index contributed by atoms with van der Waals surface area (Å²) in [6, 6.07) is 9.49. The van der Waals surface area contributed by atoms with Crippen LogP contribution in [0.25, 0.3) is 11.3 Å². The van der Waals surface area contributed by atoms with Gasteiger partial charge in [-0.3, -0.25) is 0 Å². The van der Waals surface area contributed by atoms with Crippen molar-refractivity contribution in [3.05, 3.63) is 49.3 Å². The van der Waals surface area contributed by atoms with Crippen LogP contribution in [0.5, 0.6) is 11.6 Å². The molecule has 0 bridgehead atoms. The number of fused-ring (bicyclic) bond motifs is 3. The number of hydrogen-bond acceptors (Lipinski definition) is 7. The molecule has 0 spiro atoms. The molecule has 0 fully saturated rings. The van der Waals surface area contributed by atoms with E-state index >= 15 is 0 Å². The molecule has 6 nitrogen and oxygen atoms in total. The van der Waals surface area contributed by atoms with Crippen molar-refractivity contribution in [2.24, 2.45) is 0 Å². The van der Waals surface area contributed by atoms with Crippen LogP contribution in [0.15, 0.2) is 48.9 Å². The van der Waals surface area contributed by atoms with Gasteiger partial charge in [0, 0.05) is 21.3 Å². The third kappa shape index (κ3) is 3.43. The third-order valence-electron chi connectivity index (χ3n) is 3.96. The minimum Gasteiger partial charge on any atom is -0.506 e. The van der Waals surface area contributed by atoms with Crippen molar-refractivity contribution in [1.29, 1.82) is 0 Å². The van der Waals surface area contributed by atoms with Crippen molar-refractivity contribution in [2.75, 3.05) is 11.6 Å². The lowest BCUT2D eigenvalue weighted by Crippen LogP contribution is -2.18. The Morgan fingerprint density at radius 1 is 1.15 bits per heavy atom. The summed E-state index contributed by atoms with van der Waals surface area (Å²) < 4.78 is 8.03. The molecule has 0 unspecified atom stereocenters. The van der Waals surface area contributed by atoms with E-state index in [4.69, 9.17) is 4.74 Å². The first-order chi connectivity index (χ1) is 13.0. The summed E-state index contributed by atoms with van der Waals surface area (Å²) in [6.45, 7) is 0. The summed E-state index contributed by atoms with van der Waals surface area (Å²) >= 11 is 11.8. The van der Waals surface area contributed by atoms with Crippen LogP contribution in [0.2, 0.25) is 0 Å². The third-order valence-corrected chi connectivity index (χ3v) is 6.56. The van der Waals surface area contributed by atoms with Gasteiger partial charge in [0.05, 0.1) is 8.95 Å². The highest BCUT2D eigenvalue weighted by Crippen LogP contribution is 2.46. The van der Waals surface area contributed by atoms with Gasteiger partial charge in [-0.15, -0.1) is 10.2 Å². The molecule has 0 aliphatic carbocycles. The number of para-hydroxylation sites is 1. The lowest BCUT2D eigenvalue weighted by Gasteiger charge is -2.22. The number of aromatic hydroxyl groups is 1. The van der Waals surface area contributed by atoms with E-state index in [2.05, 4.69) is 68.3 Å². The van der Waals surface area contributed by atoms with Crippen LogP contribution >= 0.6 is 59.6 Å². The normalized spacial score (nSPS) is 15.2. The Bertz CT molecular complexity index is 1050. The quantitative estimate of drug-likeness (QED) is 0.377. The summed E-state index contributed by atoms with van der Waals surface area (Å²) in [5, 5.41) is 22.7. The number of nitrogens with zero attached hydrogens (tertiary/aromatic N) is 3. The summed E-state index contributed by atoms with van der Waals surface area (Å²) in [5.74, 6) is 0.458. The second kappa shape index (κ2) is 7.57. The molecule has 1 aliphatic rings. The Morgan fingerprint density at radius 3 is 2.70 bits per heavy atom. The predicted molar refractivity (Wildman–Crippen MR) is 115 cm³/mol. The largest absolute Gasteiger partial charge is 0.506 e. The topological polar surface area (TPSA) is 80.2 Å². The van der Waals surface area contributed by atoms with Crippen molar-refractivity contribution in [3.63, 3.8) is 0 Å². The van der Waals surface area contributed by atoms with Gasteiger partial charge in [-0.2, -0.15) is 4.98 Å². The van der Waals surface area contributed by atoms with Crippen LogP contribution in [0.3, 0.4) is 0 Å². The fraction of sp³-hybridized carbons (Fsp3) is 0.118. The zero-order valence-electron chi connectivity index (χ0n) is 13.7. The predicted octanol–water partition coefficient (Wildman–Crippen LogP) is 5.76. The maximum atomic E-state index is 10.3. The van der Waals surface area contributed by atoms with Crippen molar-refractivity contribution >= 4 is 65.2 Å². The van der Waals surface area contributed by atoms with Gasteiger partial charge in [-0.1, -0.05) is 45.9 Å². The summed E-state index contributed by atoms with van der Waals surface area (Å²) in [4.78, 5) is 4.49. The zero-order valence-corrected chi connectivity index (χ0v) is 19.3. The van der Waals surface area contributed by atoms with Gasteiger partial charge in [0.2, 0.25) is 17.3 Å². The monoisotopic (exact) mass is 572 g/mol. The minimum atomic E-state index is -0.624. The molecule has 10 heteroatoms. The first-order valence-electron chi connectivity index (χ1n) is 7.67. The second-order valence-corrected chi connectivity index (χ2v) is 8.83. The number of nitrogens with one attached hydrogen (secondary N) is 1. The molecule has 0 saturated heterocycles. The molecule has 0 saturated carbocycles. The lowest BCUT2D eigenvalue weighted by molar-refractivity contribution is 0.223. The highest BCUT2D eigenvalue weighted by Gasteiger charge is 2.29. The van der Waals surface area contributed by atoms with E-state index in [0.717, 1.165) is 15.7 Å². The molecule has 3 aromatic rings. The van der Waals surface area contributed by atoms with E-state index in [1.807, 2.05) is 30.5 Å². The van der Waals surface area contributed by atoms with Gasteiger partial charge >= 0.3 is 0 Å². The molecule has 0 radical (unpaired) electrons. The summed E-state index contributed by atoms with van der Waals surface area (Å²) in [7, 11) is 0. The van der Waals surface area contributed by atoms with E-state index < -0.39 is 6.23 Å². The fourth-order valence-electron chi connectivity index (χ4n) is 2.70. The van der Waals surface area contributed by atoms with Crippen molar-refractivity contribution in [3.8, 4) is 22.9 Å². The van der Waals surface area contributed by atoms with Gasteiger partial charge in [0.25, 0.3) is 0 Å². The number of halogens is 3. The average molecular weight is 575 g/mol. The number of anilines is 1. The SMILES string of the molecule is CSc1nnc2c(n1)O[C@@H](c1c(Br)cc(Br)c(O)c1Br)Nc1ccccc1-2. The number of phenols is 1. The molecular weight excluding hydrogens is 564 g/mol. The van der Waals surface area contributed by atoms with Crippen LogP contribution in [0, 0.1) is 0 Å². The number of hydrogen-bond donors (Lipinski definition) is 2. The second-order valence-electron chi connectivity index (χ2n) is 5.56. The first kappa shape index (κ1) is 19.0. The highest BCUT2D eigenvalue weighted by molar-refractivity contribution is 9.11. The number of phenolic OH excluding ortho intramolecular Hbond substituents is 1. The number of rotatable bonds is 2. The standard InChI is InChI=1S/C17H11Br3N4O2S/c1-27-17-22-16-13(23-24-17)7-4-2-3-5-10(7)21-15(26-16)11-8(18)6-9(19)14(25)12(11)20/h2-6,15,21,25H,1H3/t15-/m0/s1. The number of thioether (sulfide) groups is 1. The Labute approximate surface area is 184 Å². The molecule has 1 aliphatic heterocycles. The molecule has 1 atom stereocenters. The van der Waals surface area contributed by atoms with E-state index in [1.165, 1.54) is 11.8 Å². The number of ether oxygens (including phenoxy) is 1. The van der Waals surface area contributed by atoms with Crippen molar-refractivity contribution < 1.29 is 9.84 Å². The first-order valence-corrected chi connectivity index (χ1v) is 11.3. The molecule has 1 aromatic heterocycles. The molecule has 0 amide bonds. The minimum absolute atomic E-state index is 0.0852. The number of benzene rings is 2. The van der Waals surface area contributed by atoms with Gasteiger partial charge in [-0.25, -0.2) is 0 Å². The van der Waals surface area contributed by atoms with E-state index in [1.54, 1.807) is 6.07 Å². The molecule has 2 N–H and O–H groups in total. The Kier molecular flexibility index (Phi) is 5.32. The fourth-order valence-corrected chi connectivity index (χ4v) is 5.53. The van der Waals surface area contributed by atoms with Crippen LogP contribution in [-0.4, -0.2) is 26.5 Å². The lowest BCUT2D eigenvalue weighted by atomic mass is 10.1. The van der Waals surface area contributed by atoms with Gasteiger partial charge in [0.15, 0.2) is 5.69 Å². The van der Waals surface area contributed by atoms with Gasteiger partial charge in [-0.05, 0) is 50.2 Å². The molecule has 4 rings (SSSR count). The van der Waals surface area contributed by atoms with Crippen LogP contribution in [0.1, 0.15) is 11.8 Å². The van der Waals surface area contributed by atoms with Crippen LogP contribution in [-0.2, 0) is 0 Å². The maximum absolute atomic E-state index is 10.3.